The van der Waals surface area contributed by atoms with Gasteiger partial charge in [0.15, 0.2) is 0 Å². The third-order valence-corrected chi connectivity index (χ3v) is 2.19. The van der Waals surface area contributed by atoms with Gasteiger partial charge in [-0.2, -0.15) is 0 Å². The monoisotopic (exact) mass is 259 g/mol. The highest BCUT2D eigenvalue weighted by Crippen LogP contribution is 2.06. The van der Waals surface area contributed by atoms with Gasteiger partial charge in [0.25, 0.3) is 0 Å². The van der Waals surface area contributed by atoms with Crippen LogP contribution in [0.15, 0.2) is 24.3 Å². The highest BCUT2D eigenvalue weighted by Gasteiger charge is 2.08. The van der Waals surface area contributed by atoms with E-state index >= 15 is 0 Å². The molecule has 0 fully saturated rings. The molecule has 1 amide bonds. The van der Waals surface area contributed by atoms with Crippen molar-refractivity contribution < 1.29 is 9.18 Å². The first-order valence-corrected chi connectivity index (χ1v) is 5.18. The summed E-state index contributed by atoms with van der Waals surface area (Å²) in [5.41, 5.74) is 0.494. The van der Waals surface area contributed by atoms with Crippen molar-refractivity contribution in [2.75, 3.05) is 0 Å². The Morgan fingerprint density at radius 2 is 2.21 bits per heavy atom. The summed E-state index contributed by atoms with van der Waals surface area (Å²) in [5.74, 6) is -0.441. The number of carbonyl (C=O) groups excluding carboxylic acids is 1. The van der Waals surface area contributed by atoms with Gasteiger partial charge in [-0.05, 0) is 13.0 Å². The molecule has 0 aliphatic rings. The van der Waals surface area contributed by atoms with Gasteiger partial charge in [-0.3, -0.25) is 4.79 Å². The SMILES string of the molecule is CC(Br)C(=O)NCc1ccccc1F. The Balaban J connectivity index is 2.54. The van der Waals surface area contributed by atoms with Gasteiger partial charge in [0.2, 0.25) is 5.91 Å². The Hall–Kier alpha value is -0.900. The van der Waals surface area contributed by atoms with Crippen LogP contribution >= 0.6 is 15.9 Å². The summed E-state index contributed by atoms with van der Waals surface area (Å²) >= 11 is 3.13. The second kappa shape index (κ2) is 5.10. The molecule has 0 heterocycles. The molecular formula is C10H11BrFNO. The van der Waals surface area contributed by atoms with E-state index < -0.39 is 0 Å². The highest BCUT2D eigenvalue weighted by atomic mass is 79.9. The van der Waals surface area contributed by atoms with E-state index in [0.29, 0.717) is 5.56 Å². The molecule has 0 saturated carbocycles. The van der Waals surface area contributed by atoms with Crippen molar-refractivity contribution in [2.24, 2.45) is 0 Å². The summed E-state index contributed by atoms with van der Waals surface area (Å²) in [7, 11) is 0. The Morgan fingerprint density at radius 1 is 1.57 bits per heavy atom. The van der Waals surface area contributed by atoms with Gasteiger partial charge in [-0.25, -0.2) is 4.39 Å². The molecular weight excluding hydrogens is 249 g/mol. The Kier molecular flexibility index (Phi) is 4.07. The van der Waals surface area contributed by atoms with E-state index in [2.05, 4.69) is 21.2 Å². The van der Waals surface area contributed by atoms with Gasteiger partial charge in [0, 0.05) is 12.1 Å². The molecule has 76 valence electrons. The Labute approximate surface area is 90.6 Å². The van der Waals surface area contributed by atoms with Crippen LogP contribution in [-0.4, -0.2) is 10.7 Å². The van der Waals surface area contributed by atoms with Gasteiger partial charge in [0.05, 0.1) is 4.83 Å². The predicted molar refractivity (Wildman–Crippen MR) is 56.6 cm³/mol. The number of amides is 1. The lowest BCUT2D eigenvalue weighted by Crippen LogP contribution is -2.29. The van der Waals surface area contributed by atoms with Gasteiger partial charge in [-0.15, -0.1) is 0 Å². The van der Waals surface area contributed by atoms with E-state index in [1.807, 2.05) is 0 Å². The molecule has 0 bridgehead atoms. The second-order valence-electron chi connectivity index (χ2n) is 2.93. The quantitative estimate of drug-likeness (QED) is 0.829. The van der Waals surface area contributed by atoms with Crippen LogP contribution in [0.4, 0.5) is 4.39 Å². The molecule has 1 rings (SSSR count). The van der Waals surface area contributed by atoms with Crippen molar-refractivity contribution in [3.8, 4) is 0 Å². The lowest BCUT2D eigenvalue weighted by atomic mass is 10.2. The molecule has 4 heteroatoms. The van der Waals surface area contributed by atoms with Gasteiger partial charge >= 0.3 is 0 Å². The molecule has 14 heavy (non-hydrogen) atoms. The molecule has 1 aromatic carbocycles. The van der Waals surface area contributed by atoms with E-state index in [4.69, 9.17) is 0 Å². The maximum atomic E-state index is 13.1. The van der Waals surface area contributed by atoms with Gasteiger partial charge in [-0.1, -0.05) is 34.1 Å². The lowest BCUT2D eigenvalue weighted by molar-refractivity contribution is -0.120. The molecule has 1 atom stereocenters. The summed E-state index contributed by atoms with van der Waals surface area (Å²) in [6, 6.07) is 6.38. The fourth-order valence-electron chi connectivity index (χ4n) is 0.965. The van der Waals surface area contributed by atoms with Crippen LogP contribution in [0.25, 0.3) is 0 Å². The van der Waals surface area contributed by atoms with E-state index in [9.17, 15) is 9.18 Å². The fraction of sp³-hybridized carbons (Fsp3) is 0.300. The van der Waals surface area contributed by atoms with Gasteiger partial charge < -0.3 is 5.32 Å². The molecule has 0 radical (unpaired) electrons. The average Bonchev–Trinajstić information content (AvgIpc) is 2.16. The van der Waals surface area contributed by atoms with Gasteiger partial charge in [0.1, 0.15) is 5.82 Å². The van der Waals surface area contributed by atoms with Crippen molar-refractivity contribution in [1.29, 1.82) is 0 Å². The van der Waals surface area contributed by atoms with Crippen LogP contribution in [-0.2, 0) is 11.3 Å². The number of nitrogens with one attached hydrogen (secondary N) is 1. The molecule has 0 saturated heterocycles. The molecule has 0 aromatic heterocycles. The van der Waals surface area contributed by atoms with Crippen LogP contribution in [0.1, 0.15) is 12.5 Å². The van der Waals surface area contributed by atoms with Crippen molar-refractivity contribution >= 4 is 21.8 Å². The van der Waals surface area contributed by atoms with Crippen LogP contribution < -0.4 is 5.32 Å². The topological polar surface area (TPSA) is 29.1 Å². The Morgan fingerprint density at radius 3 is 2.79 bits per heavy atom. The van der Waals surface area contributed by atoms with E-state index in [-0.39, 0.29) is 23.1 Å². The normalized spacial score (nSPS) is 12.2. The predicted octanol–water partition coefficient (Wildman–Crippen LogP) is 2.23. The summed E-state index contributed by atoms with van der Waals surface area (Å²) in [6.07, 6.45) is 0. The minimum atomic E-state index is -0.296. The van der Waals surface area contributed by atoms with Crippen LogP contribution in [0, 0.1) is 5.82 Å². The molecule has 0 aliphatic carbocycles. The third kappa shape index (κ3) is 3.10. The number of hydrogen-bond acceptors (Lipinski definition) is 1. The smallest absolute Gasteiger partial charge is 0.233 e. The molecule has 0 spiro atoms. The minimum absolute atomic E-state index is 0.145. The summed E-state index contributed by atoms with van der Waals surface area (Å²) in [6.45, 7) is 1.94. The number of halogens is 2. The maximum absolute atomic E-state index is 13.1. The first-order valence-electron chi connectivity index (χ1n) is 4.26. The fourth-order valence-corrected chi connectivity index (χ4v) is 1.13. The van der Waals surface area contributed by atoms with Crippen molar-refractivity contribution in [3.63, 3.8) is 0 Å². The van der Waals surface area contributed by atoms with E-state index in [0.717, 1.165) is 0 Å². The summed E-state index contributed by atoms with van der Waals surface area (Å²) < 4.78 is 13.1. The average molecular weight is 260 g/mol. The minimum Gasteiger partial charge on any atom is -0.351 e. The van der Waals surface area contributed by atoms with Crippen molar-refractivity contribution in [2.45, 2.75) is 18.3 Å². The number of rotatable bonds is 3. The van der Waals surface area contributed by atoms with Crippen LogP contribution in [0.3, 0.4) is 0 Å². The largest absolute Gasteiger partial charge is 0.351 e. The van der Waals surface area contributed by atoms with E-state index in [1.54, 1.807) is 25.1 Å². The third-order valence-electron chi connectivity index (χ3n) is 1.77. The first-order chi connectivity index (χ1) is 6.61. The number of carbonyl (C=O) groups is 1. The standard InChI is InChI=1S/C10H11BrFNO/c1-7(11)10(14)13-6-8-4-2-3-5-9(8)12/h2-5,7H,6H2,1H3,(H,13,14). The number of benzene rings is 1. The second-order valence-corrected chi connectivity index (χ2v) is 4.30. The molecule has 1 N–H and O–H groups in total. The first kappa shape index (κ1) is 11.2. The van der Waals surface area contributed by atoms with Crippen molar-refractivity contribution in [3.05, 3.63) is 35.6 Å². The zero-order valence-corrected chi connectivity index (χ0v) is 9.34. The summed E-state index contributed by atoms with van der Waals surface area (Å²) in [5, 5.41) is 2.61. The number of hydrogen-bond donors (Lipinski definition) is 1. The zero-order chi connectivity index (χ0) is 10.6. The van der Waals surface area contributed by atoms with Crippen molar-refractivity contribution in [1.82, 2.24) is 5.32 Å². The molecule has 0 aliphatic heterocycles. The Bertz CT molecular complexity index is 328. The molecule has 2 nitrogen and oxygen atoms in total. The number of alkyl halides is 1. The van der Waals surface area contributed by atoms with Crippen LogP contribution in [0.2, 0.25) is 0 Å². The zero-order valence-electron chi connectivity index (χ0n) is 7.76. The molecule has 1 aromatic rings. The highest BCUT2D eigenvalue weighted by molar-refractivity contribution is 9.10. The van der Waals surface area contributed by atoms with Crippen LogP contribution in [0.5, 0.6) is 0 Å². The lowest BCUT2D eigenvalue weighted by Gasteiger charge is -2.07. The maximum Gasteiger partial charge on any atom is 0.233 e. The molecule has 1 unspecified atom stereocenters. The van der Waals surface area contributed by atoms with E-state index in [1.165, 1.54) is 6.07 Å². The summed E-state index contributed by atoms with van der Waals surface area (Å²) in [4.78, 5) is 10.9.